The molecule has 1 N–H and O–H groups in total. The summed E-state index contributed by atoms with van der Waals surface area (Å²) < 4.78 is 0. The molecule has 0 radical (unpaired) electrons. The Labute approximate surface area is 234 Å². The topological polar surface area (TPSA) is 12.0 Å². The van der Waals surface area contributed by atoms with Gasteiger partial charge in [-0.05, 0) is 110 Å². The third-order valence-electron chi connectivity index (χ3n) is 12.6. The van der Waals surface area contributed by atoms with Crippen LogP contribution in [0.2, 0.25) is 0 Å². The summed E-state index contributed by atoms with van der Waals surface area (Å²) in [5.74, 6) is 8.36. The van der Waals surface area contributed by atoms with Crippen LogP contribution in [0.25, 0.3) is 0 Å². The molecule has 9 unspecified atom stereocenters. The molecular weight excluding hydrogens is 446 g/mol. The van der Waals surface area contributed by atoms with E-state index in [0.717, 1.165) is 59.3 Å². The van der Waals surface area contributed by atoms with Crippen molar-refractivity contribution in [3.05, 3.63) is 0 Å². The lowest BCUT2D eigenvalue weighted by atomic mass is 9.64. The van der Waals surface area contributed by atoms with E-state index < -0.39 is 0 Å². The normalized spacial score (nSPS) is 32.2. The van der Waals surface area contributed by atoms with Gasteiger partial charge in [0.1, 0.15) is 0 Å². The first-order chi connectivity index (χ1) is 17.7. The SMILES string of the molecule is CCC(CCC(C)C)C(C)CC(NCCC1CCCC1C(C)(C)C(C)CC)C1CCC2CCCCC2C1. The van der Waals surface area contributed by atoms with Gasteiger partial charge in [-0.2, -0.15) is 0 Å². The van der Waals surface area contributed by atoms with E-state index in [0.29, 0.717) is 5.41 Å². The van der Waals surface area contributed by atoms with E-state index in [2.05, 4.69) is 60.7 Å². The molecule has 3 aliphatic rings. The minimum absolute atomic E-state index is 0.494. The molecule has 0 saturated heterocycles. The zero-order chi connectivity index (χ0) is 27.0. The fraction of sp³-hybridized carbons (Fsp3) is 1.00. The molecule has 0 heterocycles. The molecule has 0 aromatic carbocycles. The summed E-state index contributed by atoms with van der Waals surface area (Å²) in [6, 6.07) is 0.758. The van der Waals surface area contributed by atoms with Gasteiger partial charge in [0.25, 0.3) is 0 Å². The van der Waals surface area contributed by atoms with E-state index in [4.69, 9.17) is 0 Å². The van der Waals surface area contributed by atoms with Crippen molar-refractivity contribution in [3.63, 3.8) is 0 Å². The average molecular weight is 516 g/mol. The summed E-state index contributed by atoms with van der Waals surface area (Å²) >= 11 is 0. The van der Waals surface area contributed by atoms with Crippen LogP contribution in [0.5, 0.6) is 0 Å². The van der Waals surface area contributed by atoms with Crippen LogP contribution < -0.4 is 5.32 Å². The van der Waals surface area contributed by atoms with Crippen LogP contribution in [0.3, 0.4) is 0 Å². The van der Waals surface area contributed by atoms with Gasteiger partial charge in [0, 0.05) is 6.04 Å². The van der Waals surface area contributed by atoms with Gasteiger partial charge >= 0.3 is 0 Å². The fourth-order valence-corrected chi connectivity index (χ4v) is 9.46. The fourth-order valence-electron chi connectivity index (χ4n) is 9.46. The maximum Gasteiger partial charge on any atom is 0.00980 e. The smallest absolute Gasteiger partial charge is 0.00980 e. The Hall–Kier alpha value is -0.0400. The second-order valence-electron chi connectivity index (χ2n) is 15.5. The second kappa shape index (κ2) is 15.1. The zero-order valence-corrected chi connectivity index (χ0v) is 26.8. The molecule has 0 aromatic heterocycles. The number of hydrogen-bond donors (Lipinski definition) is 1. The Morgan fingerprint density at radius 1 is 0.784 bits per heavy atom. The van der Waals surface area contributed by atoms with Gasteiger partial charge in [0.05, 0.1) is 0 Å². The largest absolute Gasteiger partial charge is 0.314 e. The highest BCUT2D eigenvalue weighted by atomic mass is 14.9. The lowest BCUT2D eigenvalue weighted by Crippen LogP contribution is -2.43. The van der Waals surface area contributed by atoms with Crippen molar-refractivity contribution in [1.29, 1.82) is 0 Å². The van der Waals surface area contributed by atoms with Gasteiger partial charge in [-0.15, -0.1) is 0 Å². The van der Waals surface area contributed by atoms with Crippen LogP contribution in [-0.4, -0.2) is 12.6 Å². The summed E-state index contributed by atoms with van der Waals surface area (Å²) in [5, 5.41) is 4.30. The van der Waals surface area contributed by atoms with E-state index in [-0.39, 0.29) is 0 Å². The Morgan fingerprint density at radius 2 is 1.51 bits per heavy atom. The van der Waals surface area contributed by atoms with Crippen molar-refractivity contribution in [2.24, 2.45) is 58.7 Å². The highest BCUT2D eigenvalue weighted by Gasteiger charge is 2.41. The average Bonchev–Trinajstić information content (AvgIpc) is 3.37. The summed E-state index contributed by atoms with van der Waals surface area (Å²) in [6.07, 6.45) is 23.4. The van der Waals surface area contributed by atoms with Gasteiger partial charge in [-0.3, -0.25) is 0 Å². The third kappa shape index (κ3) is 8.72. The summed E-state index contributed by atoms with van der Waals surface area (Å²) in [5.41, 5.74) is 0.494. The summed E-state index contributed by atoms with van der Waals surface area (Å²) in [7, 11) is 0. The Balaban J connectivity index is 1.62. The monoisotopic (exact) mass is 516 g/mol. The van der Waals surface area contributed by atoms with Gasteiger partial charge in [-0.1, -0.05) is 113 Å². The Kier molecular flexibility index (Phi) is 12.8. The van der Waals surface area contributed by atoms with Crippen molar-refractivity contribution in [3.8, 4) is 0 Å². The molecule has 218 valence electrons. The van der Waals surface area contributed by atoms with Gasteiger partial charge in [0.2, 0.25) is 0 Å². The number of nitrogens with one attached hydrogen (secondary N) is 1. The maximum absolute atomic E-state index is 4.30. The molecular formula is C36H69N. The molecule has 9 atom stereocenters. The standard InChI is InChI=1S/C36H69N/c1-9-28(6)36(7,8)34-17-13-16-31(34)22-23-37-35(24-27(5)29(10-2)19-18-26(3)4)33-21-20-30-14-11-12-15-32(30)25-33/h26-35,37H,9-25H2,1-8H3. The van der Waals surface area contributed by atoms with E-state index in [1.807, 2.05) is 0 Å². The zero-order valence-electron chi connectivity index (χ0n) is 26.8. The molecule has 3 saturated carbocycles. The van der Waals surface area contributed by atoms with Crippen molar-refractivity contribution >= 4 is 0 Å². The molecule has 37 heavy (non-hydrogen) atoms. The number of hydrogen-bond acceptors (Lipinski definition) is 1. The van der Waals surface area contributed by atoms with Crippen LogP contribution in [0.1, 0.15) is 158 Å². The lowest BCUT2D eigenvalue weighted by molar-refractivity contribution is 0.0824. The molecule has 3 rings (SSSR count). The van der Waals surface area contributed by atoms with Crippen molar-refractivity contribution in [2.45, 2.75) is 164 Å². The Morgan fingerprint density at radius 3 is 2.19 bits per heavy atom. The molecule has 1 nitrogen and oxygen atoms in total. The van der Waals surface area contributed by atoms with Crippen LogP contribution in [0, 0.1) is 58.7 Å². The van der Waals surface area contributed by atoms with E-state index in [9.17, 15) is 0 Å². The summed E-state index contributed by atoms with van der Waals surface area (Å²) in [6.45, 7) is 21.2. The van der Waals surface area contributed by atoms with Crippen LogP contribution in [0.15, 0.2) is 0 Å². The first-order valence-corrected chi connectivity index (χ1v) is 17.4. The number of rotatable bonds is 15. The first-order valence-electron chi connectivity index (χ1n) is 17.4. The molecule has 0 amide bonds. The van der Waals surface area contributed by atoms with E-state index in [1.54, 1.807) is 0 Å². The molecule has 0 spiro atoms. The predicted molar refractivity (Wildman–Crippen MR) is 165 cm³/mol. The van der Waals surface area contributed by atoms with Crippen molar-refractivity contribution in [2.75, 3.05) is 6.54 Å². The Bertz CT molecular complexity index is 622. The number of fused-ring (bicyclic) bond motifs is 1. The minimum atomic E-state index is 0.494. The first kappa shape index (κ1) is 31.5. The molecule has 0 bridgehead atoms. The summed E-state index contributed by atoms with van der Waals surface area (Å²) in [4.78, 5) is 0. The van der Waals surface area contributed by atoms with Gasteiger partial charge in [-0.25, -0.2) is 0 Å². The maximum atomic E-state index is 4.30. The van der Waals surface area contributed by atoms with Crippen LogP contribution in [0.4, 0.5) is 0 Å². The van der Waals surface area contributed by atoms with Crippen molar-refractivity contribution in [1.82, 2.24) is 5.32 Å². The molecule has 0 aromatic rings. The van der Waals surface area contributed by atoms with E-state index in [1.165, 1.54) is 109 Å². The van der Waals surface area contributed by atoms with Gasteiger partial charge < -0.3 is 5.32 Å². The molecule has 1 heteroatoms. The molecule has 0 aliphatic heterocycles. The second-order valence-corrected chi connectivity index (χ2v) is 15.5. The van der Waals surface area contributed by atoms with Crippen LogP contribution >= 0.6 is 0 Å². The third-order valence-corrected chi connectivity index (χ3v) is 12.6. The lowest BCUT2D eigenvalue weighted by Gasteiger charge is -2.43. The van der Waals surface area contributed by atoms with Gasteiger partial charge in [0.15, 0.2) is 0 Å². The highest BCUT2D eigenvalue weighted by molar-refractivity contribution is 4.93. The molecule has 3 aliphatic carbocycles. The quantitative estimate of drug-likeness (QED) is 0.229. The van der Waals surface area contributed by atoms with Crippen molar-refractivity contribution < 1.29 is 0 Å². The predicted octanol–water partition coefficient (Wildman–Crippen LogP) is 10.9. The minimum Gasteiger partial charge on any atom is -0.314 e. The molecule has 3 fully saturated rings. The van der Waals surface area contributed by atoms with Crippen LogP contribution in [-0.2, 0) is 0 Å². The van der Waals surface area contributed by atoms with E-state index >= 15 is 0 Å². The highest BCUT2D eigenvalue weighted by Crippen LogP contribution is 2.50.